The Kier molecular flexibility index (Phi) is 5.70. The van der Waals surface area contributed by atoms with Crippen LogP contribution in [0.15, 0.2) is 42.5 Å². The van der Waals surface area contributed by atoms with Gasteiger partial charge in [-0.3, -0.25) is 9.59 Å². The van der Waals surface area contributed by atoms with E-state index >= 15 is 0 Å². The molecule has 2 aromatic rings. The zero-order valence-electron chi connectivity index (χ0n) is 14.8. The number of hydrogen-bond acceptors (Lipinski definition) is 4. The molecule has 5 nitrogen and oxygen atoms in total. The van der Waals surface area contributed by atoms with Crippen molar-refractivity contribution in [2.24, 2.45) is 0 Å². The van der Waals surface area contributed by atoms with E-state index in [-0.39, 0.29) is 29.4 Å². The summed E-state index contributed by atoms with van der Waals surface area (Å²) in [6.45, 7) is 3.39. The molecule has 0 radical (unpaired) electrons. The Morgan fingerprint density at radius 3 is 2.20 bits per heavy atom. The summed E-state index contributed by atoms with van der Waals surface area (Å²) in [7, 11) is 3.16. The van der Waals surface area contributed by atoms with Crippen LogP contribution in [0.2, 0.25) is 0 Å². The number of amides is 1. The molecular weight excluding hydrogens is 318 g/mol. The lowest BCUT2D eigenvalue weighted by molar-refractivity contribution is -0.131. The molecule has 0 saturated carbocycles. The highest BCUT2D eigenvalue weighted by Crippen LogP contribution is 2.19. The van der Waals surface area contributed by atoms with Crippen LogP contribution in [0.25, 0.3) is 0 Å². The van der Waals surface area contributed by atoms with Crippen LogP contribution in [0.4, 0.5) is 0 Å². The largest absolute Gasteiger partial charge is 0.452 e. The van der Waals surface area contributed by atoms with Gasteiger partial charge >= 0.3 is 5.97 Å². The number of likely N-dealkylation sites (N-methyl/N-ethyl adjacent to an activating group) is 1. The van der Waals surface area contributed by atoms with E-state index < -0.39 is 5.97 Å². The van der Waals surface area contributed by atoms with E-state index in [1.165, 1.54) is 11.0 Å². The first-order valence-corrected chi connectivity index (χ1v) is 7.89. The van der Waals surface area contributed by atoms with Crippen molar-refractivity contribution >= 4 is 17.7 Å². The van der Waals surface area contributed by atoms with Crippen LogP contribution in [0, 0.1) is 13.8 Å². The summed E-state index contributed by atoms with van der Waals surface area (Å²) < 4.78 is 5.05. The quantitative estimate of drug-likeness (QED) is 0.621. The molecular formula is C20H21NO4. The van der Waals surface area contributed by atoms with Crippen LogP contribution in [-0.2, 0) is 9.53 Å². The lowest BCUT2D eigenvalue weighted by Crippen LogP contribution is -2.28. The van der Waals surface area contributed by atoms with Gasteiger partial charge in [-0.1, -0.05) is 35.9 Å². The molecule has 130 valence electrons. The van der Waals surface area contributed by atoms with Crippen LogP contribution in [0.1, 0.15) is 37.4 Å². The second kappa shape index (κ2) is 7.75. The SMILES string of the molecule is Cc1ccc(C)c(C(=O)c2ccccc2C(=O)OCC(=O)N(C)C)c1. The van der Waals surface area contributed by atoms with Gasteiger partial charge < -0.3 is 9.64 Å². The Labute approximate surface area is 147 Å². The summed E-state index contributed by atoms with van der Waals surface area (Å²) in [6, 6.07) is 12.1. The fourth-order valence-electron chi connectivity index (χ4n) is 2.32. The minimum atomic E-state index is -0.690. The average Bonchev–Trinajstić information content (AvgIpc) is 2.60. The van der Waals surface area contributed by atoms with E-state index in [1.54, 1.807) is 38.4 Å². The standard InChI is InChI=1S/C20H21NO4/c1-13-9-10-14(2)17(11-13)19(23)15-7-5-6-8-16(15)20(24)25-12-18(22)21(3)4/h5-11H,12H2,1-4H3. The van der Waals surface area contributed by atoms with Crippen LogP contribution in [-0.4, -0.2) is 43.3 Å². The van der Waals surface area contributed by atoms with E-state index in [0.29, 0.717) is 5.56 Å². The summed E-state index contributed by atoms with van der Waals surface area (Å²) in [5.41, 5.74) is 2.76. The van der Waals surface area contributed by atoms with Gasteiger partial charge in [-0.25, -0.2) is 4.79 Å². The van der Waals surface area contributed by atoms with Gasteiger partial charge in [-0.05, 0) is 31.5 Å². The molecule has 2 rings (SSSR count). The maximum Gasteiger partial charge on any atom is 0.339 e. The number of benzene rings is 2. The van der Waals surface area contributed by atoms with Crippen molar-refractivity contribution in [1.82, 2.24) is 4.90 Å². The summed E-state index contributed by atoms with van der Waals surface area (Å²) in [5.74, 6) is -1.26. The number of ketones is 1. The van der Waals surface area contributed by atoms with Gasteiger partial charge in [0.1, 0.15) is 0 Å². The number of carbonyl (C=O) groups excluding carboxylic acids is 3. The first kappa shape index (κ1) is 18.4. The molecule has 0 spiro atoms. The van der Waals surface area contributed by atoms with E-state index in [2.05, 4.69) is 0 Å². The summed E-state index contributed by atoms with van der Waals surface area (Å²) >= 11 is 0. The highest BCUT2D eigenvalue weighted by atomic mass is 16.5. The molecule has 1 amide bonds. The van der Waals surface area contributed by atoms with Crippen LogP contribution >= 0.6 is 0 Å². The van der Waals surface area contributed by atoms with E-state index in [0.717, 1.165) is 11.1 Å². The molecule has 0 bridgehead atoms. The fourth-order valence-corrected chi connectivity index (χ4v) is 2.32. The van der Waals surface area contributed by atoms with Crippen molar-refractivity contribution in [3.05, 3.63) is 70.3 Å². The minimum Gasteiger partial charge on any atom is -0.452 e. The third kappa shape index (κ3) is 4.32. The highest BCUT2D eigenvalue weighted by Gasteiger charge is 2.21. The van der Waals surface area contributed by atoms with Crippen LogP contribution in [0.5, 0.6) is 0 Å². The zero-order chi connectivity index (χ0) is 18.6. The predicted octanol–water partition coefficient (Wildman–Crippen LogP) is 2.78. The second-order valence-electron chi connectivity index (χ2n) is 6.06. The van der Waals surface area contributed by atoms with Crippen molar-refractivity contribution in [3.63, 3.8) is 0 Å². The molecule has 0 aliphatic heterocycles. The smallest absolute Gasteiger partial charge is 0.339 e. The number of hydrogen-bond donors (Lipinski definition) is 0. The molecule has 0 atom stereocenters. The normalized spacial score (nSPS) is 10.2. The van der Waals surface area contributed by atoms with Crippen molar-refractivity contribution in [2.75, 3.05) is 20.7 Å². The molecule has 0 aliphatic carbocycles. The van der Waals surface area contributed by atoms with Gasteiger partial charge in [-0.2, -0.15) is 0 Å². The van der Waals surface area contributed by atoms with Crippen molar-refractivity contribution < 1.29 is 19.1 Å². The fraction of sp³-hybridized carbons (Fsp3) is 0.250. The Morgan fingerprint density at radius 2 is 1.56 bits per heavy atom. The molecule has 0 heterocycles. The number of aryl methyl sites for hydroxylation is 2. The monoisotopic (exact) mass is 339 g/mol. The van der Waals surface area contributed by atoms with Gasteiger partial charge in [0.05, 0.1) is 5.56 Å². The van der Waals surface area contributed by atoms with Gasteiger partial charge in [0, 0.05) is 25.2 Å². The predicted molar refractivity (Wildman–Crippen MR) is 94.8 cm³/mol. The van der Waals surface area contributed by atoms with Gasteiger partial charge in [0.2, 0.25) is 0 Å². The Hall–Kier alpha value is -2.95. The lowest BCUT2D eigenvalue weighted by Gasteiger charge is -2.12. The van der Waals surface area contributed by atoms with Crippen molar-refractivity contribution in [2.45, 2.75) is 13.8 Å². The number of esters is 1. The molecule has 0 fully saturated rings. The van der Waals surface area contributed by atoms with Gasteiger partial charge in [0.25, 0.3) is 5.91 Å². The average molecular weight is 339 g/mol. The van der Waals surface area contributed by atoms with Crippen molar-refractivity contribution in [1.29, 1.82) is 0 Å². The Morgan fingerprint density at radius 1 is 0.920 bits per heavy atom. The van der Waals surface area contributed by atoms with Gasteiger partial charge in [0.15, 0.2) is 12.4 Å². The van der Waals surface area contributed by atoms with E-state index in [1.807, 2.05) is 26.0 Å². The third-order valence-corrected chi connectivity index (χ3v) is 3.85. The summed E-state index contributed by atoms with van der Waals surface area (Å²) in [5, 5.41) is 0. The molecule has 2 aromatic carbocycles. The maximum absolute atomic E-state index is 12.9. The molecule has 25 heavy (non-hydrogen) atoms. The molecule has 0 saturated heterocycles. The highest BCUT2D eigenvalue weighted by molar-refractivity contribution is 6.15. The Balaban J connectivity index is 2.31. The molecule has 5 heteroatoms. The van der Waals surface area contributed by atoms with Crippen LogP contribution in [0.3, 0.4) is 0 Å². The number of nitrogens with zero attached hydrogens (tertiary/aromatic N) is 1. The molecule has 0 aliphatic rings. The van der Waals surface area contributed by atoms with Gasteiger partial charge in [-0.15, -0.1) is 0 Å². The van der Waals surface area contributed by atoms with Crippen molar-refractivity contribution in [3.8, 4) is 0 Å². The summed E-state index contributed by atoms with van der Waals surface area (Å²) in [6.07, 6.45) is 0. The van der Waals surface area contributed by atoms with Crippen LogP contribution < -0.4 is 0 Å². The van der Waals surface area contributed by atoms with E-state index in [4.69, 9.17) is 4.74 Å². The first-order valence-electron chi connectivity index (χ1n) is 7.89. The van der Waals surface area contributed by atoms with E-state index in [9.17, 15) is 14.4 Å². The topological polar surface area (TPSA) is 63.7 Å². The lowest BCUT2D eigenvalue weighted by atomic mass is 9.94. The zero-order valence-corrected chi connectivity index (χ0v) is 14.8. The first-order chi connectivity index (χ1) is 11.8. The third-order valence-electron chi connectivity index (χ3n) is 3.85. The maximum atomic E-state index is 12.9. The minimum absolute atomic E-state index is 0.153. The Bertz CT molecular complexity index is 824. The summed E-state index contributed by atoms with van der Waals surface area (Å²) in [4.78, 5) is 38.2. The number of carbonyl (C=O) groups is 3. The molecule has 0 unspecified atom stereocenters. The second-order valence-corrected chi connectivity index (χ2v) is 6.06. The number of ether oxygens (including phenoxy) is 1. The number of rotatable bonds is 5. The molecule has 0 N–H and O–H groups in total. The molecule has 0 aromatic heterocycles.